The van der Waals surface area contributed by atoms with Gasteiger partial charge in [0, 0.05) is 25.9 Å². The minimum atomic E-state index is -0.0435. The standard InChI is InChI=1S/C18H21N5O2/c1-3-23-15(11-13(2)22-23)18-21-20-17(25-18)10-9-16(24)19-12-14-7-5-4-6-8-14/h4-8,11H,3,9-10,12H2,1-2H3,(H,19,24). The molecular formula is C18H21N5O2. The lowest BCUT2D eigenvalue weighted by Gasteiger charge is -2.04. The number of nitrogens with one attached hydrogen (secondary N) is 1. The summed E-state index contributed by atoms with van der Waals surface area (Å²) in [6, 6.07) is 11.7. The van der Waals surface area contributed by atoms with Crippen LogP contribution in [0.5, 0.6) is 0 Å². The minimum Gasteiger partial charge on any atom is -0.419 e. The van der Waals surface area contributed by atoms with Crippen LogP contribution in [0, 0.1) is 6.92 Å². The Labute approximate surface area is 146 Å². The molecule has 2 aromatic heterocycles. The zero-order chi connectivity index (χ0) is 17.6. The van der Waals surface area contributed by atoms with E-state index in [-0.39, 0.29) is 5.91 Å². The van der Waals surface area contributed by atoms with Gasteiger partial charge in [0.1, 0.15) is 5.69 Å². The van der Waals surface area contributed by atoms with Crippen LogP contribution in [-0.4, -0.2) is 25.9 Å². The van der Waals surface area contributed by atoms with Crippen molar-refractivity contribution in [3.63, 3.8) is 0 Å². The van der Waals surface area contributed by atoms with E-state index in [0.717, 1.165) is 23.5 Å². The molecule has 0 aliphatic carbocycles. The summed E-state index contributed by atoms with van der Waals surface area (Å²) in [5.41, 5.74) is 2.77. The molecule has 3 rings (SSSR count). The highest BCUT2D eigenvalue weighted by atomic mass is 16.4. The average molecular weight is 339 g/mol. The van der Waals surface area contributed by atoms with E-state index in [9.17, 15) is 4.79 Å². The van der Waals surface area contributed by atoms with E-state index >= 15 is 0 Å². The van der Waals surface area contributed by atoms with Crippen LogP contribution < -0.4 is 5.32 Å². The second-order valence-corrected chi connectivity index (χ2v) is 5.75. The molecule has 1 N–H and O–H groups in total. The first-order valence-electron chi connectivity index (χ1n) is 8.33. The molecule has 0 aliphatic rings. The molecule has 2 heterocycles. The summed E-state index contributed by atoms with van der Waals surface area (Å²) in [7, 11) is 0. The highest BCUT2D eigenvalue weighted by molar-refractivity contribution is 5.76. The number of benzene rings is 1. The Kier molecular flexibility index (Phi) is 5.23. The van der Waals surface area contributed by atoms with Gasteiger partial charge in [-0.15, -0.1) is 10.2 Å². The van der Waals surface area contributed by atoms with Crippen LogP contribution in [0.2, 0.25) is 0 Å². The van der Waals surface area contributed by atoms with Gasteiger partial charge in [0.2, 0.25) is 11.8 Å². The van der Waals surface area contributed by atoms with Gasteiger partial charge in [0.15, 0.2) is 0 Å². The molecular weight excluding hydrogens is 318 g/mol. The Bertz CT molecular complexity index is 838. The second kappa shape index (κ2) is 7.74. The summed E-state index contributed by atoms with van der Waals surface area (Å²) in [4.78, 5) is 12.0. The normalized spacial score (nSPS) is 10.8. The third kappa shape index (κ3) is 4.32. The largest absolute Gasteiger partial charge is 0.419 e. The number of nitrogens with zero attached hydrogens (tertiary/aromatic N) is 4. The third-order valence-electron chi connectivity index (χ3n) is 3.79. The van der Waals surface area contributed by atoms with Crippen molar-refractivity contribution < 1.29 is 9.21 Å². The van der Waals surface area contributed by atoms with Gasteiger partial charge in [0.05, 0.1) is 5.69 Å². The van der Waals surface area contributed by atoms with Gasteiger partial charge in [0.25, 0.3) is 5.89 Å². The zero-order valence-corrected chi connectivity index (χ0v) is 14.4. The first-order valence-corrected chi connectivity index (χ1v) is 8.33. The van der Waals surface area contributed by atoms with Crippen molar-refractivity contribution in [2.75, 3.05) is 0 Å². The fourth-order valence-corrected chi connectivity index (χ4v) is 2.52. The first-order chi connectivity index (χ1) is 12.2. The molecule has 0 radical (unpaired) electrons. The van der Waals surface area contributed by atoms with Crippen LogP contribution in [0.4, 0.5) is 0 Å². The lowest BCUT2D eigenvalue weighted by molar-refractivity contribution is -0.121. The second-order valence-electron chi connectivity index (χ2n) is 5.75. The topological polar surface area (TPSA) is 85.8 Å². The van der Waals surface area contributed by atoms with Gasteiger partial charge in [-0.25, -0.2) is 0 Å². The number of hydrogen-bond donors (Lipinski definition) is 1. The molecule has 3 aromatic rings. The van der Waals surface area contributed by atoms with E-state index in [1.54, 1.807) is 0 Å². The summed E-state index contributed by atoms with van der Waals surface area (Å²) < 4.78 is 7.49. The molecule has 1 aromatic carbocycles. The number of carbonyl (C=O) groups is 1. The molecule has 7 nitrogen and oxygen atoms in total. The van der Waals surface area contributed by atoms with Crippen molar-refractivity contribution in [1.29, 1.82) is 0 Å². The molecule has 0 unspecified atom stereocenters. The van der Waals surface area contributed by atoms with E-state index in [1.165, 1.54) is 0 Å². The lowest BCUT2D eigenvalue weighted by atomic mass is 10.2. The first kappa shape index (κ1) is 16.9. The van der Waals surface area contributed by atoms with E-state index in [1.807, 2.05) is 54.9 Å². The molecule has 0 saturated carbocycles. The molecule has 0 atom stereocenters. The van der Waals surface area contributed by atoms with E-state index in [4.69, 9.17) is 4.42 Å². The number of aryl methyl sites for hydroxylation is 3. The molecule has 1 amide bonds. The Morgan fingerprint density at radius 2 is 2.04 bits per heavy atom. The van der Waals surface area contributed by atoms with Crippen LogP contribution in [-0.2, 0) is 24.3 Å². The van der Waals surface area contributed by atoms with Crippen LogP contribution in [0.1, 0.15) is 30.5 Å². The molecule has 25 heavy (non-hydrogen) atoms. The van der Waals surface area contributed by atoms with Crippen molar-refractivity contribution >= 4 is 5.91 Å². The van der Waals surface area contributed by atoms with Crippen molar-refractivity contribution in [3.05, 3.63) is 53.5 Å². The average Bonchev–Trinajstić information content (AvgIpc) is 3.25. The zero-order valence-electron chi connectivity index (χ0n) is 14.4. The molecule has 130 valence electrons. The Morgan fingerprint density at radius 3 is 2.80 bits per heavy atom. The maximum atomic E-state index is 12.0. The number of amides is 1. The van der Waals surface area contributed by atoms with Gasteiger partial charge in [-0.05, 0) is 25.5 Å². The molecule has 0 saturated heterocycles. The van der Waals surface area contributed by atoms with Crippen LogP contribution in [0.3, 0.4) is 0 Å². The summed E-state index contributed by atoms with van der Waals surface area (Å²) in [5, 5.41) is 15.4. The summed E-state index contributed by atoms with van der Waals surface area (Å²) in [6.45, 7) is 5.17. The maximum absolute atomic E-state index is 12.0. The fourth-order valence-electron chi connectivity index (χ4n) is 2.52. The minimum absolute atomic E-state index is 0.0435. The van der Waals surface area contributed by atoms with E-state index < -0.39 is 0 Å². The Morgan fingerprint density at radius 1 is 1.24 bits per heavy atom. The van der Waals surface area contributed by atoms with Gasteiger partial charge in [-0.1, -0.05) is 30.3 Å². The lowest BCUT2D eigenvalue weighted by Crippen LogP contribution is -2.22. The van der Waals surface area contributed by atoms with Crippen LogP contribution >= 0.6 is 0 Å². The molecule has 0 bridgehead atoms. The van der Waals surface area contributed by atoms with E-state index in [0.29, 0.717) is 31.2 Å². The van der Waals surface area contributed by atoms with Crippen molar-refractivity contribution in [2.24, 2.45) is 0 Å². The fraction of sp³-hybridized carbons (Fsp3) is 0.333. The number of hydrogen-bond acceptors (Lipinski definition) is 5. The Balaban J connectivity index is 1.54. The number of carbonyl (C=O) groups excluding carboxylic acids is 1. The summed E-state index contributed by atoms with van der Waals surface area (Å²) >= 11 is 0. The maximum Gasteiger partial charge on any atom is 0.265 e. The van der Waals surface area contributed by atoms with Gasteiger partial charge >= 0.3 is 0 Å². The van der Waals surface area contributed by atoms with Gasteiger partial charge in [-0.3, -0.25) is 9.48 Å². The van der Waals surface area contributed by atoms with Crippen molar-refractivity contribution in [1.82, 2.24) is 25.3 Å². The highest BCUT2D eigenvalue weighted by Crippen LogP contribution is 2.19. The van der Waals surface area contributed by atoms with Crippen LogP contribution in [0.25, 0.3) is 11.6 Å². The molecule has 7 heteroatoms. The van der Waals surface area contributed by atoms with Crippen molar-refractivity contribution in [3.8, 4) is 11.6 Å². The number of rotatable bonds is 7. The molecule has 0 spiro atoms. The predicted molar refractivity (Wildman–Crippen MR) is 92.5 cm³/mol. The smallest absolute Gasteiger partial charge is 0.265 e. The van der Waals surface area contributed by atoms with E-state index in [2.05, 4.69) is 20.6 Å². The SMILES string of the molecule is CCn1nc(C)cc1-c1nnc(CCC(=O)NCc2ccccc2)o1. The monoisotopic (exact) mass is 339 g/mol. The molecule has 0 fully saturated rings. The number of aromatic nitrogens is 4. The molecule has 0 aliphatic heterocycles. The van der Waals surface area contributed by atoms with Crippen LogP contribution in [0.15, 0.2) is 40.8 Å². The highest BCUT2D eigenvalue weighted by Gasteiger charge is 2.15. The third-order valence-corrected chi connectivity index (χ3v) is 3.79. The van der Waals surface area contributed by atoms with Crippen molar-refractivity contribution in [2.45, 2.75) is 39.8 Å². The summed E-state index contributed by atoms with van der Waals surface area (Å²) in [5.74, 6) is 0.839. The van der Waals surface area contributed by atoms with Gasteiger partial charge < -0.3 is 9.73 Å². The Hall–Kier alpha value is -2.96. The van der Waals surface area contributed by atoms with Gasteiger partial charge in [-0.2, -0.15) is 5.10 Å². The quantitative estimate of drug-likeness (QED) is 0.715. The summed E-state index contributed by atoms with van der Waals surface area (Å²) in [6.07, 6.45) is 0.716. The predicted octanol–water partition coefficient (Wildman–Crippen LogP) is 2.51.